The first-order valence-corrected chi connectivity index (χ1v) is 6.57. The second-order valence-corrected chi connectivity index (χ2v) is 4.27. The van der Waals surface area contributed by atoms with Crippen molar-refractivity contribution in [3.8, 4) is 5.88 Å². The molecule has 2 N–H and O–H groups in total. The fraction of sp³-hybridized carbons (Fsp3) is 0.538. The topological polar surface area (TPSA) is 63.2 Å². The van der Waals surface area contributed by atoms with Crippen molar-refractivity contribution in [3.05, 3.63) is 23.9 Å². The number of aromatic nitrogens is 1. The predicted octanol–water partition coefficient (Wildman–Crippen LogP) is 1.75. The summed E-state index contributed by atoms with van der Waals surface area (Å²) in [5.74, 6) is -0.840. The SMILES string of the molecule is CCCNCCNC(=O)c1cccnc1OCC(F)(F)F. The highest BCUT2D eigenvalue weighted by molar-refractivity contribution is 5.96. The summed E-state index contributed by atoms with van der Waals surface area (Å²) in [6.07, 6.45) is -2.23. The van der Waals surface area contributed by atoms with Crippen LogP contribution in [0.1, 0.15) is 23.7 Å². The van der Waals surface area contributed by atoms with Gasteiger partial charge in [0.05, 0.1) is 0 Å². The lowest BCUT2D eigenvalue weighted by molar-refractivity contribution is -0.154. The summed E-state index contributed by atoms with van der Waals surface area (Å²) in [5.41, 5.74) is -0.0164. The second kappa shape index (κ2) is 8.46. The normalized spacial score (nSPS) is 11.2. The molecule has 118 valence electrons. The van der Waals surface area contributed by atoms with Crippen LogP contribution < -0.4 is 15.4 Å². The first-order chi connectivity index (χ1) is 9.94. The summed E-state index contributed by atoms with van der Waals surface area (Å²) in [6, 6.07) is 2.83. The van der Waals surface area contributed by atoms with Crippen molar-refractivity contribution < 1.29 is 22.7 Å². The Bertz CT molecular complexity index is 453. The number of nitrogens with one attached hydrogen (secondary N) is 2. The molecule has 1 amide bonds. The van der Waals surface area contributed by atoms with E-state index in [0.29, 0.717) is 13.1 Å². The third-order valence-corrected chi connectivity index (χ3v) is 2.40. The molecule has 8 heteroatoms. The van der Waals surface area contributed by atoms with Crippen molar-refractivity contribution in [1.29, 1.82) is 0 Å². The number of halogens is 3. The molecule has 1 rings (SSSR count). The van der Waals surface area contributed by atoms with E-state index in [-0.39, 0.29) is 11.4 Å². The van der Waals surface area contributed by atoms with Crippen LogP contribution in [0.15, 0.2) is 18.3 Å². The monoisotopic (exact) mass is 305 g/mol. The lowest BCUT2D eigenvalue weighted by Gasteiger charge is -2.12. The van der Waals surface area contributed by atoms with E-state index < -0.39 is 18.7 Å². The van der Waals surface area contributed by atoms with Crippen LogP contribution in [-0.4, -0.2) is 43.3 Å². The molecule has 0 spiro atoms. The van der Waals surface area contributed by atoms with Gasteiger partial charge in [0.1, 0.15) is 5.56 Å². The number of carbonyl (C=O) groups excluding carboxylic acids is 1. The molecule has 0 atom stereocenters. The van der Waals surface area contributed by atoms with E-state index in [1.165, 1.54) is 18.3 Å². The van der Waals surface area contributed by atoms with Crippen LogP contribution >= 0.6 is 0 Å². The lowest BCUT2D eigenvalue weighted by atomic mass is 10.2. The molecule has 0 saturated heterocycles. The Hall–Kier alpha value is -1.83. The number of amides is 1. The molecule has 0 aliphatic rings. The Morgan fingerprint density at radius 2 is 2.10 bits per heavy atom. The Morgan fingerprint density at radius 1 is 1.33 bits per heavy atom. The highest BCUT2D eigenvalue weighted by Gasteiger charge is 2.29. The predicted molar refractivity (Wildman–Crippen MR) is 71.3 cm³/mol. The summed E-state index contributed by atoms with van der Waals surface area (Å²) < 4.78 is 41.0. The van der Waals surface area contributed by atoms with Crippen molar-refractivity contribution in [2.24, 2.45) is 0 Å². The van der Waals surface area contributed by atoms with E-state index >= 15 is 0 Å². The van der Waals surface area contributed by atoms with Gasteiger partial charge >= 0.3 is 6.18 Å². The molecule has 5 nitrogen and oxygen atoms in total. The lowest BCUT2D eigenvalue weighted by Crippen LogP contribution is -2.32. The van der Waals surface area contributed by atoms with Crippen LogP contribution in [0.3, 0.4) is 0 Å². The molecule has 1 heterocycles. The number of alkyl halides is 3. The summed E-state index contributed by atoms with van der Waals surface area (Å²) in [7, 11) is 0. The molecule has 0 bridgehead atoms. The number of ether oxygens (including phenoxy) is 1. The molecule has 0 aromatic carbocycles. The van der Waals surface area contributed by atoms with Gasteiger partial charge in [0.25, 0.3) is 5.91 Å². The molecule has 1 aromatic rings. The largest absolute Gasteiger partial charge is 0.467 e. The molecular formula is C13H18F3N3O2. The highest BCUT2D eigenvalue weighted by atomic mass is 19.4. The number of hydrogen-bond donors (Lipinski definition) is 2. The van der Waals surface area contributed by atoms with Gasteiger partial charge in [-0.15, -0.1) is 0 Å². The quantitative estimate of drug-likeness (QED) is 0.718. The molecule has 0 aliphatic heterocycles. The van der Waals surface area contributed by atoms with E-state index in [1.54, 1.807) is 0 Å². The van der Waals surface area contributed by atoms with Crippen molar-refractivity contribution in [2.45, 2.75) is 19.5 Å². The number of rotatable bonds is 8. The average molecular weight is 305 g/mol. The van der Waals surface area contributed by atoms with Gasteiger partial charge in [-0.2, -0.15) is 13.2 Å². The van der Waals surface area contributed by atoms with Crippen molar-refractivity contribution in [3.63, 3.8) is 0 Å². The van der Waals surface area contributed by atoms with Crippen LogP contribution in [0.2, 0.25) is 0 Å². The molecule has 0 unspecified atom stereocenters. The standard InChI is InChI=1S/C13H18F3N3O2/c1-2-5-17-7-8-18-11(20)10-4-3-6-19-12(10)21-9-13(14,15)16/h3-4,6,17H,2,5,7-9H2,1H3,(H,18,20). The van der Waals surface area contributed by atoms with Gasteiger partial charge in [0, 0.05) is 19.3 Å². The fourth-order valence-corrected chi connectivity index (χ4v) is 1.49. The Balaban J connectivity index is 2.54. The van der Waals surface area contributed by atoms with Crippen LogP contribution in [0.25, 0.3) is 0 Å². The average Bonchev–Trinajstić information content (AvgIpc) is 2.44. The minimum atomic E-state index is -4.48. The number of carbonyl (C=O) groups is 1. The maximum absolute atomic E-state index is 12.1. The van der Waals surface area contributed by atoms with Crippen molar-refractivity contribution in [2.75, 3.05) is 26.2 Å². The van der Waals surface area contributed by atoms with Gasteiger partial charge in [-0.25, -0.2) is 4.98 Å². The highest BCUT2D eigenvalue weighted by Crippen LogP contribution is 2.19. The minimum absolute atomic E-state index is 0.0164. The van der Waals surface area contributed by atoms with Gasteiger partial charge in [0.2, 0.25) is 5.88 Å². The van der Waals surface area contributed by atoms with Crippen LogP contribution in [-0.2, 0) is 0 Å². The smallest absolute Gasteiger partial charge is 0.422 e. The Morgan fingerprint density at radius 3 is 2.76 bits per heavy atom. The second-order valence-electron chi connectivity index (χ2n) is 4.27. The summed E-state index contributed by atoms with van der Waals surface area (Å²) in [5, 5.41) is 5.68. The van der Waals surface area contributed by atoms with Crippen molar-refractivity contribution >= 4 is 5.91 Å². The van der Waals surface area contributed by atoms with E-state index in [9.17, 15) is 18.0 Å². The molecule has 0 saturated carbocycles. The van der Waals surface area contributed by atoms with Gasteiger partial charge in [-0.1, -0.05) is 6.92 Å². The van der Waals surface area contributed by atoms with Gasteiger partial charge in [0.15, 0.2) is 6.61 Å². The van der Waals surface area contributed by atoms with E-state index in [4.69, 9.17) is 0 Å². The van der Waals surface area contributed by atoms with Crippen LogP contribution in [0.5, 0.6) is 5.88 Å². The number of pyridine rings is 1. The molecule has 0 fully saturated rings. The third kappa shape index (κ3) is 6.94. The maximum Gasteiger partial charge on any atom is 0.422 e. The first-order valence-electron chi connectivity index (χ1n) is 6.57. The van der Waals surface area contributed by atoms with Crippen LogP contribution in [0.4, 0.5) is 13.2 Å². The molecule has 1 aromatic heterocycles. The number of nitrogens with zero attached hydrogens (tertiary/aromatic N) is 1. The number of hydrogen-bond acceptors (Lipinski definition) is 4. The van der Waals surface area contributed by atoms with Gasteiger partial charge in [-0.05, 0) is 25.1 Å². The Labute approximate surface area is 120 Å². The molecule has 0 radical (unpaired) electrons. The minimum Gasteiger partial charge on any atom is -0.467 e. The fourth-order valence-electron chi connectivity index (χ4n) is 1.49. The Kier molecular flexibility index (Phi) is 6.93. The first kappa shape index (κ1) is 17.2. The molecule has 0 aliphatic carbocycles. The van der Waals surface area contributed by atoms with E-state index in [2.05, 4.69) is 20.4 Å². The molecular weight excluding hydrogens is 287 g/mol. The van der Waals surface area contributed by atoms with Gasteiger partial charge in [-0.3, -0.25) is 4.79 Å². The summed E-state index contributed by atoms with van der Waals surface area (Å²) in [6.45, 7) is 2.32. The zero-order valence-corrected chi connectivity index (χ0v) is 11.7. The van der Waals surface area contributed by atoms with Gasteiger partial charge < -0.3 is 15.4 Å². The zero-order valence-electron chi connectivity index (χ0n) is 11.7. The molecule has 21 heavy (non-hydrogen) atoms. The summed E-state index contributed by atoms with van der Waals surface area (Å²) >= 11 is 0. The van der Waals surface area contributed by atoms with E-state index in [1.807, 2.05) is 6.92 Å². The maximum atomic E-state index is 12.1. The third-order valence-electron chi connectivity index (χ3n) is 2.40. The van der Waals surface area contributed by atoms with E-state index in [0.717, 1.165) is 13.0 Å². The summed E-state index contributed by atoms with van der Waals surface area (Å²) in [4.78, 5) is 15.5. The zero-order chi connectivity index (χ0) is 15.7. The van der Waals surface area contributed by atoms with Crippen LogP contribution in [0, 0.1) is 0 Å². The van der Waals surface area contributed by atoms with Crippen molar-refractivity contribution in [1.82, 2.24) is 15.6 Å².